The van der Waals surface area contributed by atoms with Gasteiger partial charge >= 0.3 is 0 Å². The van der Waals surface area contributed by atoms with Gasteiger partial charge in [-0.15, -0.1) is 0 Å². The van der Waals surface area contributed by atoms with Gasteiger partial charge < -0.3 is 10.2 Å². The summed E-state index contributed by atoms with van der Waals surface area (Å²) in [7, 11) is 0. The first kappa shape index (κ1) is 11.6. The largest absolute Gasteiger partial charge is 0.356 e. The highest BCUT2D eigenvalue weighted by atomic mass is 15.2. The first-order chi connectivity index (χ1) is 9.42. The Labute approximate surface area is 114 Å². The van der Waals surface area contributed by atoms with Crippen LogP contribution in [-0.4, -0.2) is 36.1 Å². The van der Waals surface area contributed by atoms with Crippen molar-refractivity contribution in [1.29, 1.82) is 0 Å². The highest BCUT2D eigenvalue weighted by Crippen LogP contribution is 2.33. The zero-order chi connectivity index (χ0) is 12.7. The van der Waals surface area contributed by atoms with Gasteiger partial charge in [-0.25, -0.2) is 9.97 Å². The number of nitrogens with one attached hydrogen (secondary N) is 1. The maximum absolute atomic E-state index is 4.64. The topological polar surface area (TPSA) is 41.1 Å². The van der Waals surface area contributed by atoms with Crippen LogP contribution in [0.25, 0.3) is 0 Å². The SMILES string of the molecule is c1nc2c(c(N3C[C@H]4CNC[C@H]4C3)n1)CCCCC2. The average Bonchev–Trinajstić information content (AvgIpc) is 2.92. The maximum atomic E-state index is 4.64. The number of fused-ring (bicyclic) bond motifs is 2. The van der Waals surface area contributed by atoms with Crippen LogP contribution in [0.5, 0.6) is 0 Å². The second-order valence-corrected chi connectivity index (χ2v) is 6.27. The van der Waals surface area contributed by atoms with E-state index in [-0.39, 0.29) is 0 Å². The molecule has 2 atom stereocenters. The minimum atomic E-state index is 0.830. The Kier molecular flexibility index (Phi) is 2.91. The molecule has 0 bridgehead atoms. The molecule has 19 heavy (non-hydrogen) atoms. The van der Waals surface area contributed by atoms with E-state index in [1.165, 1.54) is 68.9 Å². The second-order valence-electron chi connectivity index (χ2n) is 6.27. The summed E-state index contributed by atoms with van der Waals surface area (Å²) >= 11 is 0. The molecule has 2 fully saturated rings. The lowest BCUT2D eigenvalue weighted by Gasteiger charge is -2.22. The molecular weight excluding hydrogens is 236 g/mol. The van der Waals surface area contributed by atoms with Gasteiger partial charge in [0.1, 0.15) is 12.1 Å². The lowest BCUT2D eigenvalue weighted by Crippen LogP contribution is -2.27. The van der Waals surface area contributed by atoms with Crippen molar-refractivity contribution in [3.63, 3.8) is 0 Å². The van der Waals surface area contributed by atoms with E-state index < -0.39 is 0 Å². The molecule has 1 aromatic heterocycles. The zero-order valence-corrected chi connectivity index (χ0v) is 11.4. The predicted molar refractivity (Wildman–Crippen MR) is 75.4 cm³/mol. The monoisotopic (exact) mass is 258 g/mol. The van der Waals surface area contributed by atoms with Crippen LogP contribution in [0.4, 0.5) is 5.82 Å². The molecule has 0 radical (unpaired) electrons. The van der Waals surface area contributed by atoms with Crippen LogP contribution in [0.3, 0.4) is 0 Å². The van der Waals surface area contributed by atoms with E-state index >= 15 is 0 Å². The molecule has 2 saturated heterocycles. The smallest absolute Gasteiger partial charge is 0.135 e. The average molecular weight is 258 g/mol. The van der Waals surface area contributed by atoms with Crippen molar-refractivity contribution in [3.8, 4) is 0 Å². The fourth-order valence-corrected chi connectivity index (χ4v) is 3.98. The number of rotatable bonds is 1. The van der Waals surface area contributed by atoms with Crippen LogP contribution >= 0.6 is 0 Å². The lowest BCUT2D eigenvalue weighted by molar-refractivity contribution is 0.533. The van der Waals surface area contributed by atoms with Crippen molar-refractivity contribution >= 4 is 5.82 Å². The standard InChI is InChI=1S/C15H22N4/c1-2-4-13-14(5-3-1)17-10-18-15(13)19-8-11-6-16-7-12(11)9-19/h10-12,16H,1-9H2/t11-,12+. The van der Waals surface area contributed by atoms with E-state index in [1.54, 1.807) is 6.33 Å². The molecule has 0 unspecified atom stereocenters. The molecule has 3 aliphatic rings. The molecule has 0 amide bonds. The quantitative estimate of drug-likeness (QED) is 0.773. The molecule has 0 saturated carbocycles. The highest BCUT2D eigenvalue weighted by molar-refractivity contribution is 5.50. The number of nitrogens with zero attached hydrogens (tertiary/aromatic N) is 3. The molecule has 4 rings (SSSR count). The Morgan fingerprint density at radius 1 is 1.00 bits per heavy atom. The minimum Gasteiger partial charge on any atom is -0.356 e. The van der Waals surface area contributed by atoms with E-state index in [9.17, 15) is 0 Å². The van der Waals surface area contributed by atoms with E-state index in [1.807, 2.05) is 0 Å². The number of aryl methyl sites for hydroxylation is 1. The molecular formula is C15H22N4. The molecule has 0 spiro atoms. The maximum Gasteiger partial charge on any atom is 0.135 e. The first-order valence-corrected chi connectivity index (χ1v) is 7.70. The van der Waals surface area contributed by atoms with Crippen LogP contribution < -0.4 is 10.2 Å². The summed E-state index contributed by atoms with van der Waals surface area (Å²) in [5.74, 6) is 2.91. The normalized spacial score (nSPS) is 30.0. The number of hydrogen-bond donors (Lipinski definition) is 1. The van der Waals surface area contributed by atoms with Crippen LogP contribution in [0, 0.1) is 11.8 Å². The number of hydrogen-bond acceptors (Lipinski definition) is 4. The van der Waals surface area contributed by atoms with E-state index in [0.717, 1.165) is 18.3 Å². The van der Waals surface area contributed by atoms with Crippen LogP contribution in [0.15, 0.2) is 6.33 Å². The van der Waals surface area contributed by atoms with E-state index in [2.05, 4.69) is 20.2 Å². The third-order valence-electron chi connectivity index (χ3n) is 5.04. The van der Waals surface area contributed by atoms with Gasteiger partial charge in [0.25, 0.3) is 0 Å². The molecule has 1 aromatic rings. The van der Waals surface area contributed by atoms with Crippen LogP contribution in [-0.2, 0) is 12.8 Å². The summed E-state index contributed by atoms with van der Waals surface area (Å²) < 4.78 is 0. The van der Waals surface area contributed by atoms with Crippen molar-refractivity contribution in [1.82, 2.24) is 15.3 Å². The van der Waals surface area contributed by atoms with Crippen LogP contribution in [0.1, 0.15) is 30.5 Å². The van der Waals surface area contributed by atoms with Gasteiger partial charge in [-0.1, -0.05) is 6.42 Å². The van der Waals surface area contributed by atoms with Gasteiger partial charge in [0.2, 0.25) is 0 Å². The van der Waals surface area contributed by atoms with Crippen molar-refractivity contribution < 1.29 is 0 Å². The fraction of sp³-hybridized carbons (Fsp3) is 0.733. The summed E-state index contributed by atoms with van der Waals surface area (Å²) in [5, 5.41) is 3.51. The van der Waals surface area contributed by atoms with Gasteiger partial charge in [-0.2, -0.15) is 0 Å². The van der Waals surface area contributed by atoms with Gasteiger partial charge in [-0.05, 0) is 37.5 Å². The highest BCUT2D eigenvalue weighted by Gasteiger charge is 2.37. The molecule has 1 N–H and O–H groups in total. The fourth-order valence-electron chi connectivity index (χ4n) is 3.98. The Balaban J connectivity index is 1.64. The summed E-state index contributed by atoms with van der Waals surface area (Å²) in [6.07, 6.45) is 8.04. The molecule has 102 valence electrons. The number of aromatic nitrogens is 2. The molecule has 4 heteroatoms. The predicted octanol–water partition coefficient (Wildman–Crippen LogP) is 1.40. The Morgan fingerprint density at radius 2 is 1.79 bits per heavy atom. The zero-order valence-electron chi connectivity index (χ0n) is 11.4. The summed E-state index contributed by atoms with van der Waals surface area (Å²) in [6.45, 7) is 4.74. The van der Waals surface area contributed by atoms with Gasteiger partial charge in [0, 0.05) is 37.4 Å². The molecule has 4 nitrogen and oxygen atoms in total. The third kappa shape index (κ3) is 2.02. The second kappa shape index (κ2) is 4.75. The van der Waals surface area contributed by atoms with E-state index in [0.29, 0.717) is 0 Å². The van der Waals surface area contributed by atoms with E-state index in [4.69, 9.17) is 0 Å². The molecule has 1 aliphatic carbocycles. The third-order valence-corrected chi connectivity index (χ3v) is 5.04. The Hall–Kier alpha value is -1.16. The van der Waals surface area contributed by atoms with Crippen molar-refractivity contribution in [3.05, 3.63) is 17.6 Å². The summed E-state index contributed by atoms with van der Waals surface area (Å²) in [5.41, 5.74) is 2.77. The summed E-state index contributed by atoms with van der Waals surface area (Å²) in [4.78, 5) is 11.7. The minimum absolute atomic E-state index is 0.830. The molecule has 3 heterocycles. The Morgan fingerprint density at radius 3 is 2.63 bits per heavy atom. The van der Waals surface area contributed by atoms with Crippen molar-refractivity contribution in [2.45, 2.75) is 32.1 Å². The van der Waals surface area contributed by atoms with Crippen molar-refractivity contribution in [2.75, 3.05) is 31.1 Å². The first-order valence-electron chi connectivity index (χ1n) is 7.70. The summed E-state index contributed by atoms with van der Waals surface area (Å²) in [6, 6.07) is 0. The van der Waals surface area contributed by atoms with Gasteiger partial charge in [0.05, 0.1) is 0 Å². The number of anilines is 1. The molecule has 2 aliphatic heterocycles. The molecule has 0 aromatic carbocycles. The van der Waals surface area contributed by atoms with Crippen molar-refractivity contribution in [2.24, 2.45) is 11.8 Å². The van der Waals surface area contributed by atoms with Gasteiger partial charge in [-0.3, -0.25) is 0 Å². The van der Waals surface area contributed by atoms with Crippen LogP contribution in [0.2, 0.25) is 0 Å². The van der Waals surface area contributed by atoms with Gasteiger partial charge in [0.15, 0.2) is 0 Å². The lowest BCUT2D eigenvalue weighted by atomic mass is 10.0. The Bertz CT molecular complexity index is 461.